The second-order valence-electron chi connectivity index (χ2n) is 7.14. The van der Waals surface area contributed by atoms with Gasteiger partial charge in [0.25, 0.3) is 0 Å². The van der Waals surface area contributed by atoms with Crippen LogP contribution in [0.2, 0.25) is 0 Å². The second-order valence-corrected chi connectivity index (χ2v) is 7.14. The molecule has 2 rings (SSSR count). The Balaban J connectivity index is 1.99. The topological polar surface area (TPSA) is 15.3 Å². The molecule has 1 aliphatic carbocycles. The maximum atomic E-state index is 3.80. The molecule has 18 heavy (non-hydrogen) atoms. The molecule has 3 atom stereocenters. The number of nitrogens with one attached hydrogen (secondary N) is 1. The van der Waals surface area contributed by atoms with Crippen molar-refractivity contribution in [3.63, 3.8) is 0 Å². The Kier molecular flexibility index (Phi) is 4.71. The molecule has 2 fully saturated rings. The Bertz CT molecular complexity index is 258. The summed E-state index contributed by atoms with van der Waals surface area (Å²) in [5.74, 6) is 2.53. The van der Waals surface area contributed by atoms with Crippen LogP contribution in [0, 0.1) is 17.8 Å². The fraction of sp³-hybridized carbons (Fsp3) is 1.00. The van der Waals surface area contributed by atoms with Crippen molar-refractivity contribution in [2.75, 3.05) is 13.1 Å². The molecule has 1 saturated heterocycles. The van der Waals surface area contributed by atoms with Gasteiger partial charge in [-0.05, 0) is 30.6 Å². The molecule has 0 spiro atoms. The number of nitrogens with zero attached hydrogens (tertiary/aromatic N) is 1. The van der Waals surface area contributed by atoms with E-state index in [0.29, 0.717) is 6.04 Å². The molecular weight excluding hydrogens is 220 g/mol. The van der Waals surface area contributed by atoms with E-state index in [0.717, 1.165) is 29.8 Å². The summed E-state index contributed by atoms with van der Waals surface area (Å²) < 4.78 is 0. The minimum absolute atomic E-state index is 0.709. The Morgan fingerprint density at radius 3 is 2.39 bits per heavy atom. The van der Waals surface area contributed by atoms with E-state index in [1.165, 1.54) is 32.4 Å². The number of hydrogen-bond donors (Lipinski definition) is 1. The minimum Gasteiger partial charge on any atom is -0.311 e. The van der Waals surface area contributed by atoms with Gasteiger partial charge in [0.15, 0.2) is 0 Å². The first kappa shape index (κ1) is 14.3. The first-order valence-corrected chi connectivity index (χ1v) is 8.02. The average Bonchev–Trinajstić information content (AvgIpc) is 2.33. The quantitative estimate of drug-likeness (QED) is 0.827. The largest absolute Gasteiger partial charge is 0.311 e. The van der Waals surface area contributed by atoms with Crippen LogP contribution in [0.4, 0.5) is 0 Å². The van der Waals surface area contributed by atoms with Gasteiger partial charge in [-0.3, -0.25) is 4.90 Å². The van der Waals surface area contributed by atoms with E-state index in [1.54, 1.807) is 0 Å². The van der Waals surface area contributed by atoms with Crippen molar-refractivity contribution in [1.82, 2.24) is 10.2 Å². The smallest absolute Gasteiger partial charge is 0.0247 e. The minimum atomic E-state index is 0.709. The number of hydrogen-bond acceptors (Lipinski definition) is 2. The van der Waals surface area contributed by atoms with Crippen molar-refractivity contribution in [2.24, 2.45) is 17.8 Å². The molecule has 2 heteroatoms. The predicted molar refractivity (Wildman–Crippen MR) is 78.8 cm³/mol. The highest BCUT2D eigenvalue weighted by molar-refractivity contribution is 4.96. The van der Waals surface area contributed by atoms with Crippen molar-refractivity contribution in [1.29, 1.82) is 0 Å². The first-order valence-electron chi connectivity index (χ1n) is 8.02. The van der Waals surface area contributed by atoms with Crippen molar-refractivity contribution in [2.45, 2.75) is 72.0 Å². The van der Waals surface area contributed by atoms with Gasteiger partial charge in [0.2, 0.25) is 0 Å². The van der Waals surface area contributed by atoms with Gasteiger partial charge in [-0.1, -0.05) is 41.0 Å². The maximum Gasteiger partial charge on any atom is 0.0247 e. The third-order valence-electron chi connectivity index (χ3n) is 5.34. The fourth-order valence-corrected chi connectivity index (χ4v) is 3.65. The summed E-state index contributed by atoms with van der Waals surface area (Å²) in [6, 6.07) is 2.34. The third-order valence-corrected chi connectivity index (χ3v) is 5.34. The first-order chi connectivity index (χ1) is 8.52. The molecule has 1 N–H and O–H groups in total. The lowest BCUT2D eigenvalue weighted by atomic mass is 9.78. The fourth-order valence-electron chi connectivity index (χ4n) is 3.65. The molecule has 1 saturated carbocycles. The normalized spacial score (nSPS) is 39.7. The summed E-state index contributed by atoms with van der Waals surface area (Å²) >= 11 is 0. The zero-order chi connectivity index (χ0) is 13.3. The molecular formula is C16H32N2. The van der Waals surface area contributed by atoms with Crippen LogP contribution >= 0.6 is 0 Å². The molecule has 0 amide bonds. The van der Waals surface area contributed by atoms with Crippen LogP contribution in [-0.4, -0.2) is 36.1 Å². The summed E-state index contributed by atoms with van der Waals surface area (Å²) in [7, 11) is 0. The van der Waals surface area contributed by atoms with Crippen LogP contribution in [0.3, 0.4) is 0 Å². The van der Waals surface area contributed by atoms with Gasteiger partial charge in [-0.25, -0.2) is 0 Å². The zero-order valence-electron chi connectivity index (χ0n) is 12.9. The lowest BCUT2D eigenvalue weighted by Crippen LogP contribution is -2.64. The average molecular weight is 252 g/mol. The highest BCUT2D eigenvalue weighted by Crippen LogP contribution is 2.35. The molecule has 106 valence electrons. The Morgan fingerprint density at radius 2 is 1.89 bits per heavy atom. The molecule has 1 heterocycles. The summed E-state index contributed by atoms with van der Waals surface area (Å²) in [5.41, 5.74) is 0. The summed E-state index contributed by atoms with van der Waals surface area (Å²) in [6.07, 6.45) is 4.14. The standard InChI is InChI=1S/C16H32N2/c1-6-13(5)15-10-18(14-7-12(4)8-14)16(9-17-15)11(2)3/h11-17H,6-10H2,1-5H3. The van der Waals surface area contributed by atoms with Gasteiger partial charge in [0.05, 0.1) is 0 Å². The molecule has 3 unspecified atom stereocenters. The van der Waals surface area contributed by atoms with Crippen molar-refractivity contribution < 1.29 is 0 Å². The van der Waals surface area contributed by atoms with Gasteiger partial charge in [0, 0.05) is 31.2 Å². The van der Waals surface area contributed by atoms with Crippen LogP contribution in [0.25, 0.3) is 0 Å². The van der Waals surface area contributed by atoms with Crippen LogP contribution in [0.5, 0.6) is 0 Å². The van der Waals surface area contributed by atoms with E-state index in [-0.39, 0.29) is 0 Å². The van der Waals surface area contributed by atoms with Gasteiger partial charge >= 0.3 is 0 Å². The molecule has 0 bridgehead atoms. The van der Waals surface area contributed by atoms with Crippen molar-refractivity contribution in [3.8, 4) is 0 Å². The Morgan fingerprint density at radius 1 is 1.22 bits per heavy atom. The van der Waals surface area contributed by atoms with E-state index in [9.17, 15) is 0 Å². The van der Waals surface area contributed by atoms with E-state index < -0.39 is 0 Å². The SMILES string of the molecule is CCC(C)C1CN(C2CC(C)C2)C(C(C)C)CN1. The van der Waals surface area contributed by atoms with E-state index in [1.807, 2.05) is 0 Å². The summed E-state index contributed by atoms with van der Waals surface area (Å²) in [6.45, 7) is 14.3. The van der Waals surface area contributed by atoms with Gasteiger partial charge in [-0.15, -0.1) is 0 Å². The van der Waals surface area contributed by atoms with Crippen LogP contribution in [-0.2, 0) is 0 Å². The molecule has 2 nitrogen and oxygen atoms in total. The van der Waals surface area contributed by atoms with Crippen molar-refractivity contribution in [3.05, 3.63) is 0 Å². The lowest BCUT2D eigenvalue weighted by molar-refractivity contribution is -0.00641. The van der Waals surface area contributed by atoms with E-state index in [4.69, 9.17) is 0 Å². The highest BCUT2D eigenvalue weighted by atomic mass is 15.3. The Hall–Kier alpha value is -0.0800. The van der Waals surface area contributed by atoms with Gasteiger partial charge in [0.1, 0.15) is 0 Å². The molecule has 0 aromatic heterocycles. The molecule has 0 aromatic rings. The molecule has 0 radical (unpaired) electrons. The highest BCUT2D eigenvalue weighted by Gasteiger charge is 2.39. The predicted octanol–water partition coefficient (Wildman–Crippen LogP) is 3.13. The zero-order valence-corrected chi connectivity index (χ0v) is 12.9. The van der Waals surface area contributed by atoms with E-state index in [2.05, 4.69) is 44.8 Å². The Labute approximate surface area is 114 Å². The van der Waals surface area contributed by atoms with Crippen molar-refractivity contribution >= 4 is 0 Å². The van der Waals surface area contributed by atoms with Crippen LogP contribution < -0.4 is 5.32 Å². The second kappa shape index (κ2) is 5.92. The molecule has 1 aliphatic heterocycles. The molecule has 0 aromatic carbocycles. The van der Waals surface area contributed by atoms with Crippen LogP contribution in [0.15, 0.2) is 0 Å². The lowest BCUT2D eigenvalue weighted by Gasteiger charge is -2.52. The summed E-state index contributed by atoms with van der Waals surface area (Å²) in [4.78, 5) is 2.85. The maximum absolute atomic E-state index is 3.80. The number of rotatable bonds is 4. The monoisotopic (exact) mass is 252 g/mol. The van der Waals surface area contributed by atoms with Gasteiger partial charge < -0.3 is 5.32 Å². The number of piperazine rings is 1. The summed E-state index contributed by atoms with van der Waals surface area (Å²) in [5, 5.41) is 3.80. The van der Waals surface area contributed by atoms with Gasteiger partial charge in [-0.2, -0.15) is 0 Å². The van der Waals surface area contributed by atoms with Crippen LogP contribution in [0.1, 0.15) is 53.9 Å². The third kappa shape index (κ3) is 2.91. The van der Waals surface area contributed by atoms with E-state index >= 15 is 0 Å². The molecule has 2 aliphatic rings.